The lowest BCUT2D eigenvalue weighted by Crippen LogP contribution is -2.36. The fraction of sp³-hybridized carbons (Fsp3) is 0.286. The first-order valence-corrected chi connectivity index (χ1v) is 12.9. The molecule has 10 nitrogen and oxygen atoms in total. The van der Waals surface area contributed by atoms with Crippen LogP contribution in [0.5, 0.6) is 0 Å². The molecule has 0 saturated carbocycles. The van der Waals surface area contributed by atoms with Gasteiger partial charge in [-0.3, -0.25) is 4.79 Å². The number of halogens is 3. The molecule has 0 spiro atoms. The van der Waals surface area contributed by atoms with E-state index >= 15 is 0 Å². The molecule has 2 aromatic carbocycles. The number of carbonyl (C=O) groups excluding carboxylic acids is 1. The van der Waals surface area contributed by atoms with Crippen molar-refractivity contribution in [3.8, 4) is 5.82 Å². The Labute approximate surface area is 234 Å². The Hall–Kier alpha value is -4.65. The van der Waals surface area contributed by atoms with Crippen LogP contribution in [0.3, 0.4) is 0 Å². The van der Waals surface area contributed by atoms with Crippen molar-refractivity contribution < 1.29 is 22.7 Å². The summed E-state index contributed by atoms with van der Waals surface area (Å²) in [6.45, 7) is 5.44. The molecule has 2 aromatic heterocycles. The molecule has 0 aliphatic carbocycles. The van der Waals surface area contributed by atoms with Gasteiger partial charge in [-0.15, -0.1) is 0 Å². The van der Waals surface area contributed by atoms with Crippen molar-refractivity contribution in [1.82, 2.24) is 19.7 Å². The normalized spacial score (nSPS) is 13.7. The van der Waals surface area contributed by atoms with Crippen LogP contribution in [-0.2, 0) is 10.9 Å². The van der Waals surface area contributed by atoms with Crippen LogP contribution in [0.15, 0.2) is 54.9 Å². The first-order valence-electron chi connectivity index (χ1n) is 12.9. The van der Waals surface area contributed by atoms with E-state index in [2.05, 4.69) is 31.0 Å². The second kappa shape index (κ2) is 11.5. The Balaban J connectivity index is 1.41. The second-order valence-corrected chi connectivity index (χ2v) is 9.57. The van der Waals surface area contributed by atoms with Gasteiger partial charge in [0, 0.05) is 54.9 Å². The van der Waals surface area contributed by atoms with Gasteiger partial charge in [0.15, 0.2) is 5.82 Å². The van der Waals surface area contributed by atoms with Crippen molar-refractivity contribution in [1.29, 1.82) is 0 Å². The maximum Gasteiger partial charge on any atom is 0.416 e. The van der Waals surface area contributed by atoms with Crippen LogP contribution in [0.2, 0.25) is 0 Å². The van der Waals surface area contributed by atoms with Crippen LogP contribution in [-0.4, -0.2) is 59.0 Å². The number of aromatic nitrogens is 4. The summed E-state index contributed by atoms with van der Waals surface area (Å²) in [5.74, 6) is 1.15. The van der Waals surface area contributed by atoms with Crippen molar-refractivity contribution in [2.24, 2.45) is 0 Å². The summed E-state index contributed by atoms with van der Waals surface area (Å²) in [6.07, 6.45) is -3.17. The third kappa shape index (κ3) is 6.40. The molecule has 214 valence electrons. The van der Waals surface area contributed by atoms with Gasteiger partial charge in [-0.2, -0.15) is 23.0 Å². The molecule has 1 fully saturated rings. The summed E-state index contributed by atoms with van der Waals surface area (Å²) in [6, 6.07) is 12.2. The Kier molecular flexibility index (Phi) is 7.79. The molecular weight excluding hydrogens is 537 g/mol. The standard InChI is InChI=1S/C28H29F3N8O2/c1-17-4-5-21(14-23(17)36-26-10-18(2)37-39(26)25-15-24(32-3)33-16-34-25)35-27(40)19-11-20(28(29,30)31)13-22(12-19)38-6-8-41-9-7-38/h4-5,10-16,36H,6-9H2,1-3H3,(H,35,40)(H,32,33,34). The predicted octanol–water partition coefficient (Wildman–Crippen LogP) is 5.17. The maximum atomic E-state index is 13.7. The molecule has 13 heteroatoms. The minimum atomic E-state index is -4.60. The number of amides is 1. The number of ether oxygens (including phenoxy) is 1. The highest BCUT2D eigenvalue weighted by molar-refractivity contribution is 6.05. The molecular formula is C28H29F3N8O2. The fourth-order valence-electron chi connectivity index (χ4n) is 4.45. The van der Waals surface area contributed by atoms with E-state index in [9.17, 15) is 18.0 Å². The molecule has 3 N–H and O–H groups in total. The number of carbonyl (C=O) groups is 1. The molecule has 0 atom stereocenters. The SMILES string of the molecule is CNc1cc(-n2nc(C)cc2Nc2cc(NC(=O)c3cc(N4CCOCC4)cc(C(F)(F)F)c3)ccc2C)ncn1. The molecule has 5 rings (SSSR count). The largest absolute Gasteiger partial charge is 0.416 e. The number of alkyl halides is 3. The topological polar surface area (TPSA) is 109 Å². The lowest BCUT2D eigenvalue weighted by molar-refractivity contribution is -0.137. The number of nitrogens with one attached hydrogen (secondary N) is 3. The molecule has 41 heavy (non-hydrogen) atoms. The molecule has 4 aromatic rings. The van der Waals surface area contributed by atoms with E-state index in [0.717, 1.165) is 23.4 Å². The Bertz CT molecular complexity index is 1560. The number of aryl methyl sites for hydroxylation is 2. The number of hydrogen-bond donors (Lipinski definition) is 3. The quantitative estimate of drug-likeness (QED) is 0.281. The van der Waals surface area contributed by atoms with E-state index in [4.69, 9.17) is 4.74 Å². The Morgan fingerprint density at radius 3 is 2.51 bits per heavy atom. The number of hydrogen-bond acceptors (Lipinski definition) is 8. The van der Waals surface area contributed by atoms with Crippen molar-refractivity contribution in [3.05, 3.63) is 77.2 Å². The van der Waals surface area contributed by atoms with Gasteiger partial charge in [0.2, 0.25) is 0 Å². The molecule has 1 amide bonds. The van der Waals surface area contributed by atoms with Gasteiger partial charge in [0.05, 0.1) is 24.5 Å². The van der Waals surface area contributed by atoms with Gasteiger partial charge in [-0.05, 0) is 49.7 Å². The lowest BCUT2D eigenvalue weighted by atomic mass is 10.1. The lowest BCUT2D eigenvalue weighted by Gasteiger charge is -2.29. The number of anilines is 5. The number of rotatable bonds is 7. The van der Waals surface area contributed by atoms with Crippen molar-refractivity contribution in [2.75, 3.05) is 54.2 Å². The highest BCUT2D eigenvalue weighted by atomic mass is 19.4. The highest BCUT2D eigenvalue weighted by Crippen LogP contribution is 2.34. The van der Waals surface area contributed by atoms with Gasteiger partial charge in [0.1, 0.15) is 18.0 Å². The summed E-state index contributed by atoms with van der Waals surface area (Å²) >= 11 is 0. The minimum absolute atomic E-state index is 0.0887. The summed E-state index contributed by atoms with van der Waals surface area (Å²) in [5.41, 5.74) is 2.07. The third-order valence-electron chi connectivity index (χ3n) is 6.60. The number of morpholine rings is 1. The maximum absolute atomic E-state index is 13.7. The Morgan fingerprint density at radius 2 is 1.78 bits per heavy atom. The average Bonchev–Trinajstić information content (AvgIpc) is 3.34. The molecule has 3 heterocycles. The Morgan fingerprint density at radius 1 is 1.00 bits per heavy atom. The molecule has 1 aliphatic rings. The predicted molar refractivity (Wildman–Crippen MR) is 150 cm³/mol. The molecule has 1 aliphatic heterocycles. The highest BCUT2D eigenvalue weighted by Gasteiger charge is 2.32. The van der Waals surface area contributed by atoms with Crippen LogP contribution < -0.4 is 20.9 Å². The smallest absolute Gasteiger partial charge is 0.378 e. The van der Waals surface area contributed by atoms with Gasteiger partial charge < -0.3 is 25.6 Å². The fourth-order valence-corrected chi connectivity index (χ4v) is 4.45. The molecule has 0 radical (unpaired) electrons. The zero-order valence-corrected chi connectivity index (χ0v) is 22.7. The van der Waals surface area contributed by atoms with E-state index in [1.807, 2.05) is 19.9 Å². The van der Waals surface area contributed by atoms with Crippen LogP contribution in [0, 0.1) is 13.8 Å². The van der Waals surface area contributed by atoms with Crippen LogP contribution in [0.4, 0.5) is 41.9 Å². The third-order valence-corrected chi connectivity index (χ3v) is 6.60. The first kappa shape index (κ1) is 27.9. The van der Waals surface area contributed by atoms with E-state index in [-0.39, 0.29) is 5.56 Å². The summed E-state index contributed by atoms with van der Waals surface area (Å²) < 4.78 is 48.1. The van der Waals surface area contributed by atoms with Gasteiger partial charge in [-0.1, -0.05) is 6.07 Å². The van der Waals surface area contributed by atoms with Crippen LogP contribution in [0.25, 0.3) is 5.82 Å². The van der Waals surface area contributed by atoms with Crippen molar-refractivity contribution in [2.45, 2.75) is 20.0 Å². The summed E-state index contributed by atoms with van der Waals surface area (Å²) in [4.78, 5) is 23.4. The molecule has 1 saturated heterocycles. The summed E-state index contributed by atoms with van der Waals surface area (Å²) in [7, 11) is 1.76. The minimum Gasteiger partial charge on any atom is -0.378 e. The first-order chi connectivity index (χ1) is 19.6. The van der Waals surface area contributed by atoms with E-state index in [1.165, 1.54) is 12.4 Å². The van der Waals surface area contributed by atoms with Gasteiger partial charge >= 0.3 is 6.18 Å². The van der Waals surface area contributed by atoms with E-state index in [1.54, 1.807) is 40.9 Å². The van der Waals surface area contributed by atoms with Crippen molar-refractivity contribution >= 4 is 34.6 Å². The number of benzene rings is 2. The van der Waals surface area contributed by atoms with Crippen LogP contribution >= 0.6 is 0 Å². The van der Waals surface area contributed by atoms with Crippen LogP contribution in [0.1, 0.15) is 27.2 Å². The van der Waals surface area contributed by atoms with Crippen molar-refractivity contribution in [3.63, 3.8) is 0 Å². The summed E-state index contributed by atoms with van der Waals surface area (Å²) in [5, 5.41) is 13.6. The van der Waals surface area contributed by atoms with E-state index in [0.29, 0.717) is 60.8 Å². The molecule has 0 bridgehead atoms. The zero-order valence-electron chi connectivity index (χ0n) is 22.7. The second-order valence-electron chi connectivity index (χ2n) is 9.57. The van der Waals surface area contributed by atoms with Gasteiger partial charge in [0.25, 0.3) is 5.91 Å². The monoisotopic (exact) mass is 566 g/mol. The number of nitrogens with zero attached hydrogens (tertiary/aromatic N) is 5. The van der Waals surface area contributed by atoms with E-state index < -0.39 is 17.6 Å². The molecule has 0 unspecified atom stereocenters. The van der Waals surface area contributed by atoms with Gasteiger partial charge in [-0.25, -0.2) is 9.97 Å². The zero-order chi connectivity index (χ0) is 29.1. The average molecular weight is 567 g/mol.